The van der Waals surface area contributed by atoms with Gasteiger partial charge in [0.25, 0.3) is 0 Å². The van der Waals surface area contributed by atoms with Gasteiger partial charge in [-0.3, -0.25) is 4.79 Å². The second-order valence-electron chi connectivity index (χ2n) is 4.06. The molecule has 2 aromatic rings. The molecule has 0 saturated carbocycles. The van der Waals surface area contributed by atoms with Crippen molar-refractivity contribution >= 4 is 21.7 Å². The first kappa shape index (κ1) is 13.0. The number of hydrogen-bond donors (Lipinski definition) is 1. The number of aliphatic hydroxyl groups excluding tert-OH is 1. The predicted octanol–water partition coefficient (Wildman–Crippen LogP) is 3.76. The first-order valence-corrected chi connectivity index (χ1v) is 6.48. The average molecular weight is 305 g/mol. The molecule has 0 saturated heterocycles. The van der Waals surface area contributed by atoms with Gasteiger partial charge in [-0.25, -0.2) is 0 Å². The van der Waals surface area contributed by atoms with Crippen LogP contribution in [0.15, 0.2) is 59.1 Å². The molecule has 0 aromatic heterocycles. The highest BCUT2D eigenvalue weighted by Crippen LogP contribution is 2.19. The summed E-state index contributed by atoms with van der Waals surface area (Å²) in [6.45, 7) is 0. The molecule has 0 bridgehead atoms. The van der Waals surface area contributed by atoms with Crippen LogP contribution in [0, 0.1) is 0 Å². The minimum Gasteiger partial charge on any atom is -0.388 e. The third-order valence-electron chi connectivity index (χ3n) is 2.73. The Hall–Kier alpha value is -1.45. The zero-order chi connectivity index (χ0) is 13.0. The maximum Gasteiger partial charge on any atom is 0.165 e. The van der Waals surface area contributed by atoms with E-state index in [-0.39, 0.29) is 12.2 Å². The molecule has 3 heteroatoms. The van der Waals surface area contributed by atoms with Crippen molar-refractivity contribution in [3.8, 4) is 0 Å². The van der Waals surface area contributed by atoms with Crippen molar-refractivity contribution in [3.05, 3.63) is 70.2 Å². The third-order valence-corrected chi connectivity index (χ3v) is 3.26. The summed E-state index contributed by atoms with van der Waals surface area (Å²) in [5.74, 6) is -0.0566. The van der Waals surface area contributed by atoms with Crippen molar-refractivity contribution in [1.29, 1.82) is 0 Å². The van der Waals surface area contributed by atoms with Gasteiger partial charge in [-0.1, -0.05) is 58.4 Å². The lowest BCUT2D eigenvalue weighted by Gasteiger charge is -2.10. The fourth-order valence-corrected chi connectivity index (χ4v) is 1.99. The monoisotopic (exact) mass is 304 g/mol. The van der Waals surface area contributed by atoms with Gasteiger partial charge in [0.1, 0.15) is 0 Å². The number of Topliss-reactive ketones (excluding diaryl/α,β-unsaturated/α-hetero) is 1. The van der Waals surface area contributed by atoms with E-state index in [2.05, 4.69) is 15.9 Å². The Balaban J connectivity index is 2.06. The molecule has 0 radical (unpaired) electrons. The molecule has 0 aliphatic heterocycles. The average Bonchev–Trinajstić information content (AvgIpc) is 2.40. The molecule has 1 atom stereocenters. The maximum atomic E-state index is 12.0. The number of ketones is 1. The van der Waals surface area contributed by atoms with Gasteiger partial charge in [-0.15, -0.1) is 0 Å². The lowest BCUT2D eigenvalue weighted by Crippen LogP contribution is -2.06. The van der Waals surface area contributed by atoms with Crippen LogP contribution < -0.4 is 0 Å². The lowest BCUT2D eigenvalue weighted by atomic mass is 10.0. The SMILES string of the molecule is O=C(CC(O)c1ccccc1)c1ccc(Br)cc1. The third kappa shape index (κ3) is 3.28. The highest BCUT2D eigenvalue weighted by Gasteiger charge is 2.14. The van der Waals surface area contributed by atoms with Gasteiger partial charge in [-0.05, 0) is 17.7 Å². The molecular weight excluding hydrogens is 292 g/mol. The van der Waals surface area contributed by atoms with E-state index < -0.39 is 6.10 Å². The van der Waals surface area contributed by atoms with Gasteiger partial charge in [-0.2, -0.15) is 0 Å². The Kier molecular flexibility index (Phi) is 4.28. The molecule has 0 aliphatic carbocycles. The standard InChI is InChI=1S/C15H13BrO2/c16-13-8-6-12(7-9-13)15(18)10-14(17)11-4-2-1-3-5-11/h1-9,14,17H,10H2. The Bertz CT molecular complexity index is 520. The van der Waals surface area contributed by atoms with Crippen molar-refractivity contribution in [2.75, 3.05) is 0 Å². The van der Waals surface area contributed by atoms with Gasteiger partial charge < -0.3 is 5.11 Å². The minimum atomic E-state index is -0.748. The normalized spacial score (nSPS) is 12.1. The molecule has 0 spiro atoms. The van der Waals surface area contributed by atoms with Crippen LogP contribution in [0.25, 0.3) is 0 Å². The topological polar surface area (TPSA) is 37.3 Å². The molecule has 0 fully saturated rings. The second kappa shape index (κ2) is 5.94. The molecule has 2 nitrogen and oxygen atoms in total. The van der Waals surface area contributed by atoms with E-state index >= 15 is 0 Å². The molecule has 18 heavy (non-hydrogen) atoms. The van der Waals surface area contributed by atoms with E-state index in [4.69, 9.17) is 0 Å². The predicted molar refractivity (Wildman–Crippen MR) is 74.5 cm³/mol. The van der Waals surface area contributed by atoms with E-state index in [0.717, 1.165) is 10.0 Å². The van der Waals surface area contributed by atoms with E-state index in [1.54, 1.807) is 12.1 Å². The van der Waals surface area contributed by atoms with Crippen molar-refractivity contribution in [2.45, 2.75) is 12.5 Å². The van der Waals surface area contributed by atoms with Crippen LogP contribution in [0.2, 0.25) is 0 Å². The van der Waals surface area contributed by atoms with Crippen molar-refractivity contribution < 1.29 is 9.90 Å². The summed E-state index contributed by atoms with van der Waals surface area (Å²) >= 11 is 3.32. The van der Waals surface area contributed by atoms with Crippen molar-refractivity contribution in [2.24, 2.45) is 0 Å². The molecule has 1 unspecified atom stereocenters. The zero-order valence-electron chi connectivity index (χ0n) is 9.71. The van der Waals surface area contributed by atoms with E-state index in [0.29, 0.717) is 5.56 Å². The zero-order valence-corrected chi connectivity index (χ0v) is 11.3. The molecule has 2 rings (SSSR count). The van der Waals surface area contributed by atoms with Gasteiger partial charge in [0, 0.05) is 16.5 Å². The summed E-state index contributed by atoms with van der Waals surface area (Å²) < 4.78 is 0.933. The van der Waals surface area contributed by atoms with Gasteiger partial charge in [0.15, 0.2) is 5.78 Å². The quantitative estimate of drug-likeness (QED) is 0.873. The summed E-state index contributed by atoms with van der Waals surface area (Å²) in [5.41, 5.74) is 1.39. The summed E-state index contributed by atoms with van der Waals surface area (Å²) in [6.07, 6.45) is -0.645. The van der Waals surface area contributed by atoms with Crippen molar-refractivity contribution in [1.82, 2.24) is 0 Å². The largest absolute Gasteiger partial charge is 0.388 e. The fraction of sp³-hybridized carbons (Fsp3) is 0.133. The summed E-state index contributed by atoms with van der Waals surface area (Å²) in [6, 6.07) is 16.4. The van der Waals surface area contributed by atoms with Crippen LogP contribution in [-0.4, -0.2) is 10.9 Å². The smallest absolute Gasteiger partial charge is 0.165 e. The maximum absolute atomic E-state index is 12.0. The number of carbonyl (C=O) groups is 1. The molecule has 0 aliphatic rings. The Morgan fingerprint density at radius 3 is 2.28 bits per heavy atom. The number of hydrogen-bond acceptors (Lipinski definition) is 2. The Morgan fingerprint density at radius 1 is 1.06 bits per heavy atom. The fourth-order valence-electron chi connectivity index (χ4n) is 1.72. The molecule has 0 amide bonds. The van der Waals surface area contributed by atoms with Gasteiger partial charge in [0.05, 0.1) is 6.10 Å². The number of carbonyl (C=O) groups excluding carboxylic acids is 1. The highest BCUT2D eigenvalue weighted by atomic mass is 79.9. The number of benzene rings is 2. The Morgan fingerprint density at radius 2 is 1.67 bits per heavy atom. The first-order valence-electron chi connectivity index (χ1n) is 5.68. The van der Waals surface area contributed by atoms with E-state index in [9.17, 15) is 9.90 Å². The van der Waals surface area contributed by atoms with Crippen LogP contribution in [0.5, 0.6) is 0 Å². The van der Waals surface area contributed by atoms with Gasteiger partial charge in [0.2, 0.25) is 0 Å². The van der Waals surface area contributed by atoms with Crippen LogP contribution in [0.1, 0.15) is 28.4 Å². The molecule has 92 valence electrons. The van der Waals surface area contributed by atoms with Crippen LogP contribution in [0.4, 0.5) is 0 Å². The number of aliphatic hydroxyl groups is 1. The van der Waals surface area contributed by atoms with E-state index in [1.807, 2.05) is 42.5 Å². The number of rotatable bonds is 4. The second-order valence-corrected chi connectivity index (χ2v) is 4.98. The van der Waals surface area contributed by atoms with Crippen LogP contribution in [0.3, 0.4) is 0 Å². The summed E-state index contributed by atoms with van der Waals surface area (Å²) in [4.78, 5) is 12.0. The van der Waals surface area contributed by atoms with Crippen LogP contribution >= 0.6 is 15.9 Å². The molecule has 0 heterocycles. The first-order chi connectivity index (χ1) is 8.66. The minimum absolute atomic E-state index is 0.0566. The summed E-state index contributed by atoms with van der Waals surface area (Å²) in [7, 11) is 0. The van der Waals surface area contributed by atoms with Crippen LogP contribution in [-0.2, 0) is 0 Å². The lowest BCUT2D eigenvalue weighted by molar-refractivity contribution is 0.0880. The van der Waals surface area contributed by atoms with Crippen molar-refractivity contribution in [3.63, 3.8) is 0 Å². The van der Waals surface area contributed by atoms with E-state index in [1.165, 1.54) is 0 Å². The number of halogens is 1. The molecular formula is C15H13BrO2. The Labute approximate surface area is 114 Å². The highest BCUT2D eigenvalue weighted by molar-refractivity contribution is 9.10. The molecule has 1 N–H and O–H groups in total. The molecule has 2 aromatic carbocycles. The summed E-state index contributed by atoms with van der Waals surface area (Å²) in [5, 5.41) is 9.98. The van der Waals surface area contributed by atoms with Gasteiger partial charge >= 0.3 is 0 Å².